The number of H-pyrrole nitrogens is 1. The van der Waals surface area contributed by atoms with Crippen molar-refractivity contribution < 1.29 is 9.90 Å². The average molecular weight is 313 g/mol. The van der Waals surface area contributed by atoms with E-state index in [-0.39, 0.29) is 35.6 Å². The van der Waals surface area contributed by atoms with E-state index in [0.717, 1.165) is 31.2 Å². The second-order valence-corrected chi connectivity index (χ2v) is 6.41. The Morgan fingerprint density at radius 2 is 1.96 bits per heavy atom. The van der Waals surface area contributed by atoms with Crippen molar-refractivity contribution in [2.45, 2.75) is 44.1 Å². The number of nitrogens with one attached hydrogen (secondary N) is 2. The van der Waals surface area contributed by atoms with Crippen LogP contribution in [0.1, 0.15) is 55.2 Å². The van der Waals surface area contributed by atoms with Crippen molar-refractivity contribution in [1.29, 1.82) is 0 Å². The lowest BCUT2D eigenvalue weighted by atomic mass is 9.87. The molecule has 2 aliphatic rings. The van der Waals surface area contributed by atoms with E-state index >= 15 is 0 Å². The topological polar surface area (TPSA) is 87.1 Å². The standard InChI is InChI=1S/C17H19N3O3/c21-12-7-3-4-10(8-12)13-9-14(22)18-16-15(13)17(23)19-20(16)11-5-1-2-6-11/h3-4,7-8,11,13,21H,1-2,5-6,9H2,(H,18,22)(H,19,23)/t13-/m1/s1. The molecule has 3 N–H and O–H groups in total. The van der Waals surface area contributed by atoms with Crippen molar-refractivity contribution >= 4 is 11.7 Å². The summed E-state index contributed by atoms with van der Waals surface area (Å²) in [6.45, 7) is 0. The van der Waals surface area contributed by atoms with E-state index in [1.165, 1.54) is 0 Å². The summed E-state index contributed by atoms with van der Waals surface area (Å²) in [7, 11) is 0. The summed E-state index contributed by atoms with van der Waals surface area (Å²) in [4.78, 5) is 24.7. The minimum absolute atomic E-state index is 0.100. The number of aromatic amines is 1. The maximum Gasteiger partial charge on any atom is 0.270 e. The molecule has 6 nitrogen and oxygen atoms in total. The highest BCUT2D eigenvalue weighted by Gasteiger charge is 2.34. The predicted octanol–water partition coefficient (Wildman–Crippen LogP) is 2.47. The first kappa shape index (κ1) is 14.1. The molecule has 0 bridgehead atoms. The first-order valence-electron chi connectivity index (χ1n) is 8.06. The number of phenols is 1. The van der Waals surface area contributed by atoms with E-state index in [2.05, 4.69) is 10.4 Å². The van der Waals surface area contributed by atoms with Crippen molar-refractivity contribution in [3.8, 4) is 5.75 Å². The first-order chi connectivity index (χ1) is 11.1. The summed E-state index contributed by atoms with van der Waals surface area (Å²) in [5, 5.41) is 15.5. The van der Waals surface area contributed by atoms with Crippen LogP contribution in [0.25, 0.3) is 0 Å². The average Bonchev–Trinajstić information content (AvgIpc) is 3.15. The van der Waals surface area contributed by atoms with Gasteiger partial charge in [0.05, 0.1) is 11.6 Å². The second kappa shape index (κ2) is 5.30. The fourth-order valence-corrected chi connectivity index (χ4v) is 3.85. The third-order valence-electron chi connectivity index (χ3n) is 4.92. The van der Waals surface area contributed by atoms with Gasteiger partial charge in [-0.25, -0.2) is 0 Å². The lowest BCUT2D eigenvalue weighted by Gasteiger charge is -2.25. The fraction of sp³-hybridized carbons (Fsp3) is 0.412. The molecule has 2 heterocycles. The van der Waals surface area contributed by atoms with E-state index < -0.39 is 0 Å². The summed E-state index contributed by atoms with van der Waals surface area (Å²) >= 11 is 0. The molecule has 4 rings (SSSR count). The first-order valence-corrected chi connectivity index (χ1v) is 8.06. The third kappa shape index (κ3) is 2.34. The van der Waals surface area contributed by atoms with Crippen LogP contribution in [0.5, 0.6) is 5.75 Å². The minimum atomic E-state index is -0.322. The van der Waals surface area contributed by atoms with Gasteiger partial charge >= 0.3 is 0 Å². The van der Waals surface area contributed by atoms with Crippen LogP contribution < -0.4 is 10.9 Å². The molecule has 1 aromatic heterocycles. The van der Waals surface area contributed by atoms with Gasteiger partial charge in [0.1, 0.15) is 11.6 Å². The van der Waals surface area contributed by atoms with Crippen LogP contribution in [-0.4, -0.2) is 20.8 Å². The Labute approximate surface area is 133 Å². The molecule has 1 amide bonds. The molecule has 0 unspecified atom stereocenters. The van der Waals surface area contributed by atoms with Crippen LogP contribution in [0, 0.1) is 0 Å². The van der Waals surface area contributed by atoms with Gasteiger partial charge in [0.25, 0.3) is 5.56 Å². The zero-order chi connectivity index (χ0) is 16.0. The monoisotopic (exact) mass is 313 g/mol. The van der Waals surface area contributed by atoms with Crippen LogP contribution >= 0.6 is 0 Å². The van der Waals surface area contributed by atoms with Gasteiger partial charge in [0, 0.05) is 12.3 Å². The summed E-state index contributed by atoms with van der Waals surface area (Å²) in [6.07, 6.45) is 4.54. The minimum Gasteiger partial charge on any atom is -0.508 e. The molecule has 1 fully saturated rings. The van der Waals surface area contributed by atoms with Gasteiger partial charge in [0.2, 0.25) is 5.91 Å². The van der Waals surface area contributed by atoms with Crippen molar-refractivity contribution in [2.75, 3.05) is 5.32 Å². The Balaban J connectivity index is 1.84. The van der Waals surface area contributed by atoms with Crippen molar-refractivity contribution in [3.63, 3.8) is 0 Å². The molecule has 1 atom stereocenters. The summed E-state index contributed by atoms with van der Waals surface area (Å²) in [6, 6.07) is 7.04. The molecule has 1 saturated carbocycles. The number of hydrogen-bond acceptors (Lipinski definition) is 3. The second-order valence-electron chi connectivity index (χ2n) is 6.41. The van der Waals surface area contributed by atoms with E-state index in [1.54, 1.807) is 18.2 Å². The molecular formula is C17H19N3O3. The molecule has 1 aliphatic carbocycles. The van der Waals surface area contributed by atoms with Crippen molar-refractivity contribution in [2.24, 2.45) is 0 Å². The highest BCUT2D eigenvalue weighted by Crippen LogP contribution is 2.39. The summed E-state index contributed by atoms with van der Waals surface area (Å²) < 4.78 is 1.84. The highest BCUT2D eigenvalue weighted by molar-refractivity contribution is 5.94. The number of nitrogens with zero attached hydrogens (tertiary/aromatic N) is 1. The van der Waals surface area contributed by atoms with E-state index in [0.29, 0.717) is 11.4 Å². The lowest BCUT2D eigenvalue weighted by molar-refractivity contribution is -0.116. The molecular weight excluding hydrogens is 294 g/mol. The summed E-state index contributed by atoms with van der Waals surface area (Å²) in [5.41, 5.74) is 1.23. The van der Waals surface area contributed by atoms with Gasteiger partial charge < -0.3 is 10.4 Å². The molecule has 23 heavy (non-hydrogen) atoms. The Morgan fingerprint density at radius 3 is 2.70 bits per heavy atom. The van der Waals surface area contributed by atoms with E-state index in [9.17, 15) is 14.7 Å². The van der Waals surface area contributed by atoms with Crippen molar-refractivity contribution in [1.82, 2.24) is 9.78 Å². The maximum absolute atomic E-state index is 12.5. The van der Waals surface area contributed by atoms with Crippen LogP contribution in [-0.2, 0) is 4.79 Å². The van der Waals surface area contributed by atoms with Crippen LogP contribution in [0.3, 0.4) is 0 Å². The number of hydrogen-bond donors (Lipinski definition) is 3. The van der Waals surface area contributed by atoms with E-state index in [4.69, 9.17) is 0 Å². The fourth-order valence-electron chi connectivity index (χ4n) is 3.85. The van der Waals surface area contributed by atoms with Gasteiger partial charge in [-0.1, -0.05) is 25.0 Å². The number of carbonyl (C=O) groups is 1. The zero-order valence-electron chi connectivity index (χ0n) is 12.7. The molecule has 1 aromatic carbocycles. The van der Waals surface area contributed by atoms with Gasteiger partial charge in [-0.05, 0) is 30.5 Å². The van der Waals surface area contributed by atoms with Gasteiger partial charge in [-0.2, -0.15) is 0 Å². The summed E-state index contributed by atoms with van der Waals surface area (Å²) in [5.74, 6) is 0.321. The Kier molecular flexibility index (Phi) is 3.25. The van der Waals surface area contributed by atoms with Gasteiger partial charge in [0.15, 0.2) is 0 Å². The number of phenolic OH excluding ortho intramolecular Hbond substituents is 1. The molecule has 0 saturated heterocycles. The molecule has 2 aromatic rings. The number of rotatable bonds is 2. The molecule has 120 valence electrons. The zero-order valence-corrected chi connectivity index (χ0v) is 12.7. The number of fused-ring (bicyclic) bond motifs is 1. The number of aromatic hydroxyl groups is 1. The SMILES string of the molecule is O=C1C[C@H](c2cccc(O)c2)c2c(n(C3CCCC3)[nH]c2=O)N1. The predicted molar refractivity (Wildman–Crippen MR) is 85.8 cm³/mol. The quantitative estimate of drug-likeness (QED) is 0.796. The third-order valence-corrected chi connectivity index (χ3v) is 4.92. The largest absolute Gasteiger partial charge is 0.508 e. The number of carbonyl (C=O) groups excluding carboxylic acids is 1. The normalized spacial score (nSPS) is 21.2. The van der Waals surface area contributed by atoms with Crippen molar-refractivity contribution in [3.05, 3.63) is 45.7 Å². The Hall–Kier alpha value is -2.50. The number of anilines is 1. The van der Waals surface area contributed by atoms with Crippen LogP contribution in [0.2, 0.25) is 0 Å². The van der Waals surface area contributed by atoms with Gasteiger partial charge in [-0.3, -0.25) is 19.4 Å². The van der Waals surface area contributed by atoms with Crippen LogP contribution in [0.15, 0.2) is 29.1 Å². The lowest BCUT2D eigenvalue weighted by Crippen LogP contribution is -2.27. The molecule has 0 spiro atoms. The highest BCUT2D eigenvalue weighted by atomic mass is 16.3. The Bertz CT molecular complexity index is 815. The van der Waals surface area contributed by atoms with Gasteiger partial charge in [-0.15, -0.1) is 0 Å². The smallest absolute Gasteiger partial charge is 0.270 e. The number of aromatic nitrogens is 2. The molecule has 0 radical (unpaired) electrons. The van der Waals surface area contributed by atoms with Crippen LogP contribution in [0.4, 0.5) is 5.82 Å². The number of amides is 1. The molecule has 6 heteroatoms. The van der Waals surface area contributed by atoms with E-state index in [1.807, 2.05) is 10.7 Å². The Morgan fingerprint density at radius 1 is 1.17 bits per heavy atom. The number of benzene rings is 1. The molecule has 1 aliphatic heterocycles. The maximum atomic E-state index is 12.5.